The van der Waals surface area contributed by atoms with Crippen molar-refractivity contribution in [1.82, 2.24) is 5.32 Å². The average Bonchev–Trinajstić information content (AvgIpc) is 3.00. The Hall–Kier alpha value is -3.07. The van der Waals surface area contributed by atoms with Gasteiger partial charge in [0.1, 0.15) is 5.82 Å². The largest absolute Gasteiger partial charge is 0.303 e. The normalized spacial score (nSPS) is 18.6. The van der Waals surface area contributed by atoms with Crippen molar-refractivity contribution in [3.05, 3.63) is 75.6 Å². The molecule has 3 rings (SSSR count). The zero-order valence-electron chi connectivity index (χ0n) is 14.3. The minimum Gasteiger partial charge on any atom is -0.303 e. The fourth-order valence-corrected chi connectivity index (χ4v) is 3.43. The highest BCUT2D eigenvalue weighted by Gasteiger charge is 2.30. The Kier molecular flexibility index (Phi) is 5.60. The number of benzene rings is 2. The fraction of sp³-hybridized carbons (Fsp3) is 0.167. The van der Waals surface area contributed by atoms with Crippen LogP contribution in [0.2, 0.25) is 0 Å². The van der Waals surface area contributed by atoms with E-state index in [-0.39, 0.29) is 17.4 Å². The molecule has 9 heteroatoms. The third-order valence-electron chi connectivity index (χ3n) is 3.87. The molecule has 7 nitrogen and oxygen atoms in total. The first kappa shape index (κ1) is 18.7. The number of halogens is 1. The molecular weight excluding hydrogens is 371 g/mol. The lowest BCUT2D eigenvalue weighted by molar-refractivity contribution is -0.384. The van der Waals surface area contributed by atoms with Crippen LogP contribution in [-0.4, -0.2) is 27.0 Å². The van der Waals surface area contributed by atoms with Gasteiger partial charge >= 0.3 is 0 Å². The Morgan fingerprint density at radius 2 is 2.04 bits per heavy atom. The van der Waals surface area contributed by atoms with Gasteiger partial charge in [-0.15, -0.1) is 5.10 Å². The van der Waals surface area contributed by atoms with Gasteiger partial charge in [0.2, 0.25) is 5.91 Å². The van der Waals surface area contributed by atoms with Gasteiger partial charge in [-0.25, -0.2) is 4.39 Å². The molecule has 0 aliphatic carbocycles. The molecule has 1 aliphatic rings. The molecule has 0 saturated carbocycles. The summed E-state index contributed by atoms with van der Waals surface area (Å²) in [5.74, 6) is -0.555. The van der Waals surface area contributed by atoms with E-state index in [9.17, 15) is 19.3 Å². The molecular formula is C18H15FN4O3S. The Morgan fingerprint density at radius 3 is 2.74 bits per heavy atom. The molecule has 1 unspecified atom stereocenters. The Labute approximate surface area is 158 Å². The summed E-state index contributed by atoms with van der Waals surface area (Å²) in [4.78, 5) is 22.5. The lowest BCUT2D eigenvalue weighted by Crippen LogP contribution is -2.26. The second-order valence-corrected chi connectivity index (χ2v) is 7.02. The van der Waals surface area contributed by atoms with Gasteiger partial charge in [0, 0.05) is 12.1 Å². The number of non-ortho nitro benzene ring substituents is 1. The molecule has 1 saturated heterocycles. The molecule has 27 heavy (non-hydrogen) atoms. The van der Waals surface area contributed by atoms with Crippen LogP contribution in [0, 0.1) is 15.9 Å². The zero-order valence-corrected chi connectivity index (χ0v) is 15.1. The summed E-state index contributed by atoms with van der Waals surface area (Å²) in [6.45, 7) is 1.74. The molecule has 2 aromatic rings. The fourth-order valence-electron chi connectivity index (χ4n) is 2.47. The quantitative estimate of drug-likeness (QED) is 0.484. The number of carbonyl (C=O) groups is 1. The van der Waals surface area contributed by atoms with E-state index in [2.05, 4.69) is 15.5 Å². The SMILES string of the molecule is CC(=NN=C1NC(=O)C(Cc2cccc([N+](=O)[O-])c2)S1)c1ccc(F)cc1. The third-order valence-corrected chi connectivity index (χ3v) is 4.94. The average molecular weight is 386 g/mol. The molecule has 0 aromatic heterocycles. The maximum Gasteiger partial charge on any atom is 0.269 e. The van der Waals surface area contributed by atoms with Crippen molar-refractivity contribution in [2.24, 2.45) is 10.2 Å². The predicted molar refractivity (Wildman–Crippen MR) is 102 cm³/mol. The van der Waals surface area contributed by atoms with Gasteiger partial charge in [0.15, 0.2) is 5.17 Å². The van der Waals surface area contributed by atoms with Gasteiger partial charge in [0.05, 0.1) is 15.9 Å². The number of nitro benzene ring substituents is 1. The number of carbonyl (C=O) groups excluding carboxylic acids is 1. The van der Waals surface area contributed by atoms with Crippen LogP contribution in [-0.2, 0) is 11.2 Å². The maximum atomic E-state index is 13.0. The topological polar surface area (TPSA) is 97.0 Å². The molecule has 1 aliphatic heterocycles. The number of amides is 1. The van der Waals surface area contributed by atoms with Crippen LogP contribution in [0.1, 0.15) is 18.1 Å². The standard InChI is InChI=1S/C18H15FN4O3S/c1-11(13-5-7-14(19)8-6-13)21-22-18-20-17(24)16(27-18)10-12-3-2-4-15(9-12)23(25)26/h2-9,16H,10H2,1H3,(H,20,22,24). The van der Waals surface area contributed by atoms with Gasteiger partial charge in [-0.1, -0.05) is 36.0 Å². The van der Waals surface area contributed by atoms with Gasteiger partial charge in [-0.2, -0.15) is 5.10 Å². The number of hydrogen-bond donors (Lipinski definition) is 1. The van der Waals surface area contributed by atoms with Gasteiger partial charge < -0.3 is 5.32 Å². The van der Waals surface area contributed by atoms with E-state index < -0.39 is 10.2 Å². The van der Waals surface area contributed by atoms with Crippen molar-refractivity contribution in [3.8, 4) is 0 Å². The van der Waals surface area contributed by atoms with E-state index in [0.717, 1.165) is 5.56 Å². The molecule has 1 amide bonds. The second-order valence-electron chi connectivity index (χ2n) is 5.82. The van der Waals surface area contributed by atoms with E-state index in [4.69, 9.17) is 0 Å². The minimum atomic E-state index is -0.467. The number of nitrogens with zero attached hydrogens (tertiary/aromatic N) is 3. The lowest BCUT2D eigenvalue weighted by Gasteiger charge is -2.04. The Balaban J connectivity index is 1.68. The summed E-state index contributed by atoms with van der Waals surface area (Å²) in [5, 5.41) is 21.5. The van der Waals surface area contributed by atoms with Crippen LogP contribution in [0.5, 0.6) is 0 Å². The van der Waals surface area contributed by atoms with Crippen molar-refractivity contribution >= 4 is 34.2 Å². The number of thioether (sulfide) groups is 1. The summed E-state index contributed by atoms with van der Waals surface area (Å²) in [5.41, 5.74) is 2.00. The molecule has 0 radical (unpaired) electrons. The highest BCUT2D eigenvalue weighted by molar-refractivity contribution is 8.15. The predicted octanol–water partition coefficient (Wildman–Crippen LogP) is 3.29. The smallest absolute Gasteiger partial charge is 0.269 e. The maximum absolute atomic E-state index is 13.0. The molecule has 138 valence electrons. The van der Waals surface area contributed by atoms with Crippen LogP contribution >= 0.6 is 11.8 Å². The number of hydrogen-bond acceptors (Lipinski definition) is 6. The molecule has 1 N–H and O–H groups in total. The van der Waals surface area contributed by atoms with Gasteiger partial charge in [-0.05, 0) is 36.6 Å². The summed E-state index contributed by atoms with van der Waals surface area (Å²) < 4.78 is 13.0. The second kappa shape index (κ2) is 8.09. The lowest BCUT2D eigenvalue weighted by atomic mass is 10.1. The van der Waals surface area contributed by atoms with E-state index in [1.165, 1.54) is 36.0 Å². The molecule has 1 fully saturated rings. The first-order valence-corrected chi connectivity index (χ1v) is 8.89. The van der Waals surface area contributed by atoms with E-state index in [1.807, 2.05) is 0 Å². The van der Waals surface area contributed by atoms with Crippen LogP contribution in [0.25, 0.3) is 0 Å². The van der Waals surface area contributed by atoms with Crippen LogP contribution in [0.4, 0.5) is 10.1 Å². The monoisotopic (exact) mass is 386 g/mol. The molecule has 0 spiro atoms. The van der Waals surface area contributed by atoms with Crippen molar-refractivity contribution < 1.29 is 14.1 Å². The number of rotatable bonds is 5. The summed E-state index contributed by atoms with van der Waals surface area (Å²) in [6.07, 6.45) is 0.345. The summed E-state index contributed by atoms with van der Waals surface area (Å²) in [6, 6.07) is 12.1. The molecule has 1 atom stereocenters. The van der Waals surface area contributed by atoms with Crippen molar-refractivity contribution in [2.45, 2.75) is 18.6 Å². The highest BCUT2D eigenvalue weighted by atomic mass is 32.2. The first-order valence-electron chi connectivity index (χ1n) is 8.01. The zero-order chi connectivity index (χ0) is 19.4. The van der Waals surface area contributed by atoms with Gasteiger partial charge in [-0.3, -0.25) is 14.9 Å². The van der Waals surface area contributed by atoms with Crippen molar-refractivity contribution in [1.29, 1.82) is 0 Å². The number of amidine groups is 1. The van der Waals surface area contributed by atoms with Crippen LogP contribution < -0.4 is 5.32 Å². The van der Waals surface area contributed by atoms with Crippen LogP contribution in [0.3, 0.4) is 0 Å². The van der Waals surface area contributed by atoms with E-state index in [0.29, 0.717) is 22.9 Å². The van der Waals surface area contributed by atoms with E-state index >= 15 is 0 Å². The summed E-state index contributed by atoms with van der Waals surface area (Å²) >= 11 is 1.22. The minimum absolute atomic E-state index is 0.00989. The van der Waals surface area contributed by atoms with Crippen molar-refractivity contribution in [3.63, 3.8) is 0 Å². The number of nitro groups is 1. The number of nitrogens with one attached hydrogen (secondary N) is 1. The Bertz CT molecular complexity index is 944. The third kappa shape index (κ3) is 4.76. The highest BCUT2D eigenvalue weighted by Crippen LogP contribution is 2.25. The molecule has 0 bridgehead atoms. The van der Waals surface area contributed by atoms with E-state index in [1.54, 1.807) is 31.2 Å². The van der Waals surface area contributed by atoms with Gasteiger partial charge in [0.25, 0.3) is 5.69 Å². The molecule has 1 heterocycles. The molecule has 2 aromatic carbocycles. The van der Waals surface area contributed by atoms with Crippen molar-refractivity contribution in [2.75, 3.05) is 0 Å². The van der Waals surface area contributed by atoms with Crippen LogP contribution in [0.15, 0.2) is 58.7 Å². The first-order chi connectivity index (χ1) is 12.9. The summed E-state index contributed by atoms with van der Waals surface area (Å²) in [7, 11) is 0. The Morgan fingerprint density at radius 1 is 1.30 bits per heavy atom.